The van der Waals surface area contributed by atoms with Crippen molar-refractivity contribution in [2.45, 2.75) is 45.8 Å². The Morgan fingerprint density at radius 1 is 1.26 bits per heavy atom. The smallest absolute Gasteiger partial charge is 0.0734 e. The van der Waals surface area contributed by atoms with Crippen molar-refractivity contribution < 1.29 is 0 Å². The van der Waals surface area contributed by atoms with E-state index >= 15 is 0 Å². The van der Waals surface area contributed by atoms with Crippen molar-refractivity contribution in [3.63, 3.8) is 0 Å². The predicted molar refractivity (Wildman–Crippen MR) is 83.1 cm³/mol. The highest BCUT2D eigenvalue weighted by atomic mass is 35.5. The lowest BCUT2D eigenvalue weighted by Gasteiger charge is -2.33. The minimum absolute atomic E-state index is 0.228. The number of hydrogen-bond acceptors (Lipinski definition) is 3. The first-order chi connectivity index (χ1) is 9.13. The van der Waals surface area contributed by atoms with Crippen LogP contribution in [0.4, 0.5) is 0 Å². The van der Waals surface area contributed by atoms with Crippen LogP contribution < -0.4 is 10.7 Å². The molecule has 1 aromatic carbocycles. The first kappa shape index (κ1) is 16.4. The summed E-state index contributed by atoms with van der Waals surface area (Å²) in [6, 6.07) is 8.25. The van der Waals surface area contributed by atoms with E-state index in [1.807, 2.05) is 25.2 Å². The molecule has 0 fully saturated rings. The van der Waals surface area contributed by atoms with Crippen LogP contribution in [0.2, 0.25) is 5.02 Å². The third-order valence-corrected chi connectivity index (χ3v) is 3.67. The van der Waals surface area contributed by atoms with E-state index in [1.165, 1.54) is 0 Å². The normalized spacial score (nSPS) is 14.6. The number of benzene rings is 1. The van der Waals surface area contributed by atoms with E-state index in [-0.39, 0.29) is 6.04 Å². The van der Waals surface area contributed by atoms with E-state index in [2.05, 4.69) is 42.6 Å². The average molecular weight is 284 g/mol. The van der Waals surface area contributed by atoms with Gasteiger partial charge >= 0.3 is 0 Å². The van der Waals surface area contributed by atoms with Crippen molar-refractivity contribution in [2.24, 2.45) is 0 Å². The topological polar surface area (TPSA) is 27.3 Å². The fraction of sp³-hybridized carbons (Fsp3) is 0.600. The molecule has 1 rings (SSSR count). The molecule has 1 aromatic rings. The zero-order valence-electron chi connectivity index (χ0n) is 12.4. The van der Waals surface area contributed by atoms with Crippen molar-refractivity contribution in [1.82, 2.24) is 15.8 Å². The largest absolute Gasteiger partial charge is 0.294 e. The maximum atomic E-state index is 6.25. The van der Waals surface area contributed by atoms with Gasteiger partial charge in [-0.15, -0.1) is 0 Å². The molecule has 0 heterocycles. The molecule has 0 saturated heterocycles. The Morgan fingerprint density at radius 2 is 1.95 bits per heavy atom. The predicted octanol–water partition coefficient (Wildman–Crippen LogP) is 3.57. The second-order valence-electron chi connectivity index (χ2n) is 4.75. The Kier molecular flexibility index (Phi) is 7.39. The second-order valence-corrected chi connectivity index (χ2v) is 5.16. The number of rotatable bonds is 8. The number of nitrogens with zero attached hydrogens (tertiary/aromatic N) is 1. The second kappa shape index (κ2) is 8.54. The summed E-state index contributed by atoms with van der Waals surface area (Å²) in [5.41, 5.74) is 4.41. The van der Waals surface area contributed by atoms with E-state index < -0.39 is 0 Å². The highest BCUT2D eigenvalue weighted by Gasteiger charge is 2.18. The zero-order chi connectivity index (χ0) is 14.3. The first-order valence-electron chi connectivity index (χ1n) is 7.08. The summed E-state index contributed by atoms with van der Waals surface area (Å²) in [5, 5.41) is 6.70. The van der Waals surface area contributed by atoms with Gasteiger partial charge in [0.1, 0.15) is 0 Å². The van der Waals surface area contributed by atoms with E-state index in [0.29, 0.717) is 6.17 Å². The Labute approximate surface area is 122 Å². The van der Waals surface area contributed by atoms with Crippen molar-refractivity contribution in [2.75, 3.05) is 13.6 Å². The lowest BCUT2D eigenvalue weighted by molar-refractivity contribution is 0.101. The molecule has 19 heavy (non-hydrogen) atoms. The Balaban J connectivity index is 2.72. The molecule has 0 amide bonds. The van der Waals surface area contributed by atoms with E-state index in [9.17, 15) is 0 Å². The Hall–Kier alpha value is -0.610. The summed E-state index contributed by atoms with van der Waals surface area (Å²) >= 11 is 6.25. The van der Waals surface area contributed by atoms with Crippen LogP contribution in [0.15, 0.2) is 24.3 Å². The minimum atomic E-state index is 0.228. The van der Waals surface area contributed by atoms with E-state index in [4.69, 9.17) is 11.6 Å². The highest BCUT2D eigenvalue weighted by molar-refractivity contribution is 6.31. The quantitative estimate of drug-likeness (QED) is 0.564. The van der Waals surface area contributed by atoms with Crippen LogP contribution in [0.5, 0.6) is 0 Å². The molecule has 0 aliphatic rings. The fourth-order valence-corrected chi connectivity index (χ4v) is 2.60. The lowest BCUT2D eigenvalue weighted by Crippen LogP contribution is -2.51. The van der Waals surface area contributed by atoms with Crippen molar-refractivity contribution in [1.29, 1.82) is 0 Å². The molecule has 2 atom stereocenters. The van der Waals surface area contributed by atoms with Crippen molar-refractivity contribution >= 4 is 11.6 Å². The van der Waals surface area contributed by atoms with Gasteiger partial charge in [0, 0.05) is 17.6 Å². The summed E-state index contributed by atoms with van der Waals surface area (Å²) in [5.74, 6) is 0. The van der Waals surface area contributed by atoms with Gasteiger partial charge in [0.05, 0.1) is 6.17 Å². The average Bonchev–Trinajstić information content (AvgIpc) is 2.42. The summed E-state index contributed by atoms with van der Waals surface area (Å²) < 4.78 is 0. The Morgan fingerprint density at radius 3 is 2.47 bits per heavy atom. The van der Waals surface area contributed by atoms with Gasteiger partial charge in [0.2, 0.25) is 0 Å². The molecule has 2 unspecified atom stereocenters. The van der Waals surface area contributed by atoms with Crippen LogP contribution in [0, 0.1) is 0 Å². The Bertz CT molecular complexity index is 370. The zero-order valence-corrected chi connectivity index (χ0v) is 13.2. The summed E-state index contributed by atoms with van der Waals surface area (Å²) in [6.45, 7) is 7.56. The molecular formula is C15H26ClN3. The summed E-state index contributed by atoms with van der Waals surface area (Å²) in [7, 11) is 1.97. The van der Waals surface area contributed by atoms with Gasteiger partial charge in [-0.3, -0.25) is 10.7 Å². The lowest BCUT2D eigenvalue weighted by atomic mass is 10.1. The molecule has 108 valence electrons. The molecule has 0 aromatic heterocycles. The molecular weight excluding hydrogens is 258 g/mol. The number of hydrogen-bond donors (Lipinski definition) is 2. The van der Waals surface area contributed by atoms with Gasteiger partial charge in [-0.25, -0.2) is 5.01 Å². The van der Waals surface area contributed by atoms with Crippen LogP contribution in [0.1, 0.15) is 45.2 Å². The van der Waals surface area contributed by atoms with Crippen molar-refractivity contribution in [3.8, 4) is 0 Å². The van der Waals surface area contributed by atoms with Gasteiger partial charge in [-0.2, -0.15) is 0 Å². The van der Waals surface area contributed by atoms with Crippen LogP contribution in [-0.4, -0.2) is 24.8 Å². The maximum absolute atomic E-state index is 6.25. The van der Waals surface area contributed by atoms with Gasteiger partial charge in [-0.05, 0) is 38.4 Å². The monoisotopic (exact) mass is 283 g/mol. The number of nitrogens with one attached hydrogen (secondary N) is 2. The van der Waals surface area contributed by atoms with Crippen LogP contribution >= 0.6 is 11.6 Å². The SMILES string of the molecule is CCCN(NC)C(CC)NC(C)c1ccccc1Cl. The number of halogens is 1. The summed E-state index contributed by atoms with van der Waals surface area (Å²) in [6.07, 6.45) is 2.46. The molecule has 3 nitrogen and oxygen atoms in total. The van der Waals surface area contributed by atoms with Gasteiger partial charge in [0.15, 0.2) is 0 Å². The minimum Gasteiger partial charge on any atom is -0.294 e. The molecule has 0 spiro atoms. The van der Waals surface area contributed by atoms with Gasteiger partial charge in [-0.1, -0.05) is 43.6 Å². The van der Waals surface area contributed by atoms with Crippen molar-refractivity contribution in [3.05, 3.63) is 34.9 Å². The third kappa shape index (κ3) is 4.77. The summed E-state index contributed by atoms with van der Waals surface area (Å²) in [4.78, 5) is 0. The molecule has 0 radical (unpaired) electrons. The maximum Gasteiger partial charge on any atom is 0.0734 e. The molecule has 0 bridgehead atoms. The standard InChI is InChI=1S/C15H26ClN3/c1-5-11-19(17-4)15(6-2)18-12(3)13-9-7-8-10-14(13)16/h7-10,12,15,17-18H,5-6,11H2,1-4H3. The molecule has 0 saturated carbocycles. The first-order valence-corrected chi connectivity index (χ1v) is 7.46. The van der Waals surface area contributed by atoms with Crippen LogP contribution in [0.3, 0.4) is 0 Å². The molecule has 4 heteroatoms. The molecule has 2 N–H and O–H groups in total. The van der Waals surface area contributed by atoms with E-state index in [1.54, 1.807) is 0 Å². The van der Waals surface area contributed by atoms with Gasteiger partial charge in [0.25, 0.3) is 0 Å². The van der Waals surface area contributed by atoms with Crippen LogP contribution in [0.25, 0.3) is 0 Å². The van der Waals surface area contributed by atoms with Gasteiger partial charge < -0.3 is 0 Å². The third-order valence-electron chi connectivity index (χ3n) is 3.33. The molecule has 0 aliphatic heterocycles. The highest BCUT2D eigenvalue weighted by Crippen LogP contribution is 2.23. The molecule has 0 aliphatic carbocycles. The van der Waals surface area contributed by atoms with Crippen LogP contribution in [-0.2, 0) is 0 Å². The number of hydrazine groups is 1. The van der Waals surface area contributed by atoms with E-state index in [0.717, 1.165) is 30.0 Å². The fourth-order valence-electron chi connectivity index (χ4n) is 2.30.